The van der Waals surface area contributed by atoms with Gasteiger partial charge in [-0.05, 0) is 55.2 Å². The van der Waals surface area contributed by atoms with Crippen molar-refractivity contribution < 1.29 is 0 Å². The lowest BCUT2D eigenvalue weighted by atomic mass is 9.90. The lowest BCUT2D eigenvalue weighted by Gasteiger charge is -2.16. The summed E-state index contributed by atoms with van der Waals surface area (Å²) in [4.78, 5) is 15.9. The van der Waals surface area contributed by atoms with E-state index in [4.69, 9.17) is 15.0 Å². The number of fused-ring (bicyclic) bond motifs is 10. The molecular formula is C51H31N3. The molecule has 0 aliphatic heterocycles. The van der Waals surface area contributed by atoms with Crippen LogP contribution in [0.3, 0.4) is 0 Å². The molecule has 9 aromatic carbocycles. The summed E-state index contributed by atoms with van der Waals surface area (Å²) in [6.07, 6.45) is 0. The van der Waals surface area contributed by atoms with Crippen LogP contribution in [-0.2, 0) is 0 Å². The van der Waals surface area contributed by atoms with E-state index in [1.807, 2.05) is 0 Å². The zero-order valence-electron chi connectivity index (χ0n) is 29.2. The Balaban J connectivity index is 1.14. The Bertz CT molecular complexity index is 3160. The number of rotatable bonds is 4. The molecule has 0 atom stereocenters. The Morgan fingerprint density at radius 2 is 0.778 bits per heavy atom. The Morgan fingerprint density at radius 3 is 1.46 bits per heavy atom. The van der Waals surface area contributed by atoms with Crippen LogP contribution in [0.15, 0.2) is 188 Å². The van der Waals surface area contributed by atoms with Gasteiger partial charge in [-0.1, -0.05) is 176 Å². The van der Waals surface area contributed by atoms with Gasteiger partial charge in [0.05, 0.1) is 22.6 Å². The van der Waals surface area contributed by atoms with Gasteiger partial charge in [-0.15, -0.1) is 0 Å². The summed E-state index contributed by atoms with van der Waals surface area (Å²) in [5, 5.41) is 13.2. The highest BCUT2D eigenvalue weighted by Crippen LogP contribution is 2.43. The quantitative estimate of drug-likeness (QED) is 0.173. The van der Waals surface area contributed by atoms with Crippen molar-refractivity contribution in [2.24, 2.45) is 0 Å². The Labute approximate surface area is 311 Å². The van der Waals surface area contributed by atoms with Crippen LogP contribution in [0.25, 0.3) is 110 Å². The molecule has 0 N–H and O–H groups in total. The van der Waals surface area contributed by atoms with Gasteiger partial charge in [0.2, 0.25) is 0 Å². The van der Waals surface area contributed by atoms with Crippen molar-refractivity contribution in [3.05, 3.63) is 188 Å². The van der Waals surface area contributed by atoms with Crippen LogP contribution in [0.5, 0.6) is 0 Å². The van der Waals surface area contributed by atoms with Crippen LogP contribution in [-0.4, -0.2) is 15.0 Å². The van der Waals surface area contributed by atoms with Gasteiger partial charge < -0.3 is 0 Å². The third kappa shape index (κ3) is 4.79. The van der Waals surface area contributed by atoms with E-state index in [2.05, 4.69) is 188 Å². The molecule has 0 spiro atoms. The highest BCUT2D eigenvalue weighted by molar-refractivity contribution is 6.33. The van der Waals surface area contributed by atoms with Gasteiger partial charge in [-0.2, -0.15) is 0 Å². The zero-order valence-corrected chi connectivity index (χ0v) is 29.2. The van der Waals surface area contributed by atoms with Gasteiger partial charge in [-0.3, -0.25) is 0 Å². The maximum absolute atomic E-state index is 5.37. The summed E-state index contributed by atoms with van der Waals surface area (Å²) >= 11 is 0. The van der Waals surface area contributed by atoms with E-state index in [1.54, 1.807) is 0 Å². The number of nitrogens with zero attached hydrogens (tertiary/aromatic N) is 3. The number of aromatic nitrogens is 3. The van der Waals surface area contributed by atoms with Crippen molar-refractivity contribution in [1.29, 1.82) is 0 Å². The fourth-order valence-corrected chi connectivity index (χ4v) is 8.36. The Morgan fingerprint density at radius 1 is 0.296 bits per heavy atom. The number of hydrogen-bond acceptors (Lipinski definition) is 3. The maximum atomic E-state index is 5.37. The summed E-state index contributed by atoms with van der Waals surface area (Å²) in [7, 11) is 0. The molecule has 0 fully saturated rings. The smallest absolute Gasteiger partial charge is 0.161 e. The molecule has 3 nitrogen and oxygen atoms in total. The third-order valence-electron chi connectivity index (χ3n) is 10.9. The largest absolute Gasteiger partial charge is 0.247 e. The average Bonchev–Trinajstić information content (AvgIpc) is 3.25. The molecule has 0 saturated carbocycles. The molecule has 54 heavy (non-hydrogen) atoms. The molecule has 250 valence electrons. The number of para-hydroxylation sites is 1. The molecule has 0 aliphatic carbocycles. The second-order valence-corrected chi connectivity index (χ2v) is 13.9. The van der Waals surface area contributed by atoms with Crippen molar-refractivity contribution in [2.45, 2.75) is 0 Å². The number of benzene rings is 9. The van der Waals surface area contributed by atoms with Gasteiger partial charge in [0.15, 0.2) is 5.82 Å². The molecule has 3 heteroatoms. The fraction of sp³-hybridized carbons (Fsp3) is 0. The summed E-state index contributed by atoms with van der Waals surface area (Å²) in [6.45, 7) is 0. The summed E-state index contributed by atoms with van der Waals surface area (Å²) < 4.78 is 0. The van der Waals surface area contributed by atoms with Gasteiger partial charge in [-0.25, -0.2) is 15.0 Å². The predicted molar refractivity (Wildman–Crippen MR) is 227 cm³/mol. The monoisotopic (exact) mass is 685 g/mol. The molecule has 0 saturated heterocycles. The van der Waals surface area contributed by atoms with Crippen molar-refractivity contribution in [3.8, 4) is 45.2 Å². The van der Waals surface area contributed by atoms with Crippen LogP contribution in [0.4, 0.5) is 0 Å². The highest BCUT2D eigenvalue weighted by atomic mass is 14.9. The second kappa shape index (κ2) is 12.2. The van der Waals surface area contributed by atoms with Crippen molar-refractivity contribution in [1.82, 2.24) is 15.0 Å². The third-order valence-corrected chi connectivity index (χ3v) is 10.9. The minimum Gasteiger partial charge on any atom is -0.247 e. The van der Waals surface area contributed by atoms with Crippen molar-refractivity contribution in [3.63, 3.8) is 0 Å². The first-order valence-electron chi connectivity index (χ1n) is 18.4. The first-order chi connectivity index (χ1) is 26.8. The minimum absolute atomic E-state index is 0.705. The van der Waals surface area contributed by atoms with E-state index in [1.165, 1.54) is 37.7 Å². The van der Waals surface area contributed by atoms with Gasteiger partial charge in [0.25, 0.3) is 0 Å². The minimum atomic E-state index is 0.705. The lowest BCUT2D eigenvalue weighted by molar-refractivity contribution is 1.19. The van der Waals surface area contributed by atoms with E-state index < -0.39 is 0 Å². The zero-order chi connectivity index (χ0) is 35.6. The van der Waals surface area contributed by atoms with Crippen LogP contribution in [0, 0.1) is 0 Å². The molecular weight excluding hydrogens is 655 g/mol. The van der Waals surface area contributed by atoms with E-state index in [-0.39, 0.29) is 0 Å². The fourth-order valence-electron chi connectivity index (χ4n) is 8.36. The Kier molecular flexibility index (Phi) is 6.86. The van der Waals surface area contributed by atoms with Crippen LogP contribution in [0.2, 0.25) is 0 Å². The molecule has 11 rings (SSSR count). The molecule has 0 amide bonds. The molecule has 0 radical (unpaired) electrons. The molecule has 0 aliphatic rings. The molecule has 0 bridgehead atoms. The van der Waals surface area contributed by atoms with Gasteiger partial charge >= 0.3 is 0 Å². The van der Waals surface area contributed by atoms with Crippen LogP contribution in [0.1, 0.15) is 0 Å². The number of pyridine rings is 1. The standard InChI is InChI=1S/C51H31N3/c1-3-17-36-32(13-1)15-11-24-40(36)47-31-46(53-51(54-47)43-25-12-16-33-14-2-4-18-37(33)43)34-27-29-35(30-28-34)50-49-42-22-8-6-20-39(42)38-19-5-7-21-41(38)48(49)44-23-9-10-26-45(44)52-50/h1-31H. The average molecular weight is 686 g/mol. The second-order valence-electron chi connectivity index (χ2n) is 13.9. The molecule has 0 unspecified atom stereocenters. The first kappa shape index (κ1) is 30.4. The summed E-state index contributed by atoms with van der Waals surface area (Å²) in [5.74, 6) is 0.705. The van der Waals surface area contributed by atoms with Crippen molar-refractivity contribution in [2.75, 3.05) is 0 Å². The normalized spacial score (nSPS) is 11.7. The number of hydrogen-bond donors (Lipinski definition) is 0. The van der Waals surface area contributed by atoms with E-state index in [9.17, 15) is 0 Å². The predicted octanol–water partition coefficient (Wildman–Crippen LogP) is 13.5. The van der Waals surface area contributed by atoms with Crippen molar-refractivity contribution >= 4 is 64.8 Å². The van der Waals surface area contributed by atoms with E-state index >= 15 is 0 Å². The first-order valence-corrected chi connectivity index (χ1v) is 18.4. The Hall–Kier alpha value is -7.23. The van der Waals surface area contributed by atoms with Gasteiger partial charge in [0.1, 0.15) is 0 Å². The maximum Gasteiger partial charge on any atom is 0.161 e. The summed E-state index contributed by atoms with van der Waals surface area (Å²) in [5.41, 5.74) is 7.91. The SMILES string of the molecule is c1ccc2c(-c3cc(-c4ccc(-c5nc6ccccc6c6c7ccccc7c7ccccc7c56)cc4)nc(-c4cccc5ccccc45)n3)cccc2c1. The lowest BCUT2D eigenvalue weighted by Crippen LogP contribution is -1.97. The topological polar surface area (TPSA) is 38.7 Å². The molecule has 2 heterocycles. The van der Waals surface area contributed by atoms with E-state index in [0.717, 1.165) is 66.4 Å². The molecule has 11 aromatic rings. The van der Waals surface area contributed by atoms with Gasteiger partial charge in [0, 0.05) is 38.4 Å². The highest BCUT2D eigenvalue weighted by Gasteiger charge is 2.19. The van der Waals surface area contributed by atoms with Crippen LogP contribution < -0.4 is 0 Å². The summed E-state index contributed by atoms with van der Waals surface area (Å²) in [6, 6.07) is 66.7. The van der Waals surface area contributed by atoms with E-state index in [0.29, 0.717) is 5.82 Å². The van der Waals surface area contributed by atoms with Crippen LogP contribution >= 0.6 is 0 Å². The molecule has 2 aromatic heterocycles.